The molecular formula is C18H20N4O3S3. The Morgan fingerprint density at radius 1 is 1.25 bits per heavy atom. The molecule has 0 unspecified atom stereocenters. The Morgan fingerprint density at radius 2 is 2.00 bits per heavy atom. The summed E-state index contributed by atoms with van der Waals surface area (Å²) in [6, 6.07) is 7.41. The number of rotatable bonds is 9. The molecule has 148 valence electrons. The van der Waals surface area contributed by atoms with Crippen LogP contribution in [0.2, 0.25) is 0 Å². The maximum absolute atomic E-state index is 12.3. The van der Waals surface area contributed by atoms with Crippen LogP contribution in [0.15, 0.2) is 38.7 Å². The molecule has 0 bridgehead atoms. The summed E-state index contributed by atoms with van der Waals surface area (Å²) in [5.74, 6) is 0.686. The number of aliphatic hydroxyl groups excluding tert-OH is 1. The van der Waals surface area contributed by atoms with Crippen LogP contribution in [-0.2, 0) is 9.53 Å². The molecule has 2 aromatic heterocycles. The van der Waals surface area contributed by atoms with E-state index < -0.39 is 5.97 Å². The number of hydrogen-bond donors (Lipinski definition) is 2. The summed E-state index contributed by atoms with van der Waals surface area (Å²) in [5, 5.41) is 18.9. The molecule has 0 aliphatic carbocycles. The fraction of sp³-hybridized carbons (Fsp3) is 0.333. The molecule has 0 aliphatic heterocycles. The number of aromatic nitrogens is 4. The van der Waals surface area contributed by atoms with E-state index in [2.05, 4.69) is 27.1 Å². The topological polar surface area (TPSA) is 101 Å². The first-order valence-corrected chi connectivity index (χ1v) is 11.5. The second-order valence-corrected chi connectivity index (χ2v) is 9.28. The maximum Gasteiger partial charge on any atom is 0.345 e. The van der Waals surface area contributed by atoms with E-state index in [-0.39, 0.29) is 22.9 Å². The van der Waals surface area contributed by atoms with Gasteiger partial charge in [0.15, 0.2) is 8.68 Å². The smallest absolute Gasteiger partial charge is 0.345 e. The van der Waals surface area contributed by atoms with Gasteiger partial charge in [0.1, 0.15) is 17.2 Å². The number of aromatic amines is 1. The van der Waals surface area contributed by atoms with Crippen molar-refractivity contribution >= 4 is 57.4 Å². The predicted octanol–water partition coefficient (Wildman–Crippen LogP) is 4.54. The van der Waals surface area contributed by atoms with Gasteiger partial charge < -0.3 is 14.8 Å². The standard InChI is InChI=1S/C18H20N4O3S3/c1-3-4-9-26-17-21-22-18(28-17)27-10-13(23)14(16(24)25-2)15-19-11-7-5-6-8-12(11)20-15/h5-8,23H,3-4,9-10H2,1-2H3,(H,19,20)/b14-13+. The summed E-state index contributed by atoms with van der Waals surface area (Å²) < 4.78 is 6.48. The van der Waals surface area contributed by atoms with Crippen LogP contribution < -0.4 is 0 Å². The minimum Gasteiger partial charge on any atom is -0.510 e. The molecular weight excluding hydrogens is 416 g/mol. The van der Waals surface area contributed by atoms with Crippen molar-refractivity contribution in [2.24, 2.45) is 0 Å². The van der Waals surface area contributed by atoms with Gasteiger partial charge in [0.25, 0.3) is 0 Å². The molecule has 7 nitrogen and oxygen atoms in total. The van der Waals surface area contributed by atoms with Crippen molar-refractivity contribution in [1.29, 1.82) is 0 Å². The number of carbonyl (C=O) groups is 1. The van der Waals surface area contributed by atoms with Gasteiger partial charge in [-0.05, 0) is 18.6 Å². The molecule has 1 aromatic carbocycles. The van der Waals surface area contributed by atoms with Crippen molar-refractivity contribution in [3.05, 3.63) is 35.8 Å². The van der Waals surface area contributed by atoms with E-state index >= 15 is 0 Å². The molecule has 28 heavy (non-hydrogen) atoms. The highest BCUT2D eigenvalue weighted by atomic mass is 32.2. The van der Waals surface area contributed by atoms with E-state index in [9.17, 15) is 9.90 Å². The quantitative estimate of drug-likeness (QED) is 0.166. The van der Waals surface area contributed by atoms with Crippen LogP contribution in [0.3, 0.4) is 0 Å². The summed E-state index contributed by atoms with van der Waals surface area (Å²) in [6.07, 6.45) is 2.28. The van der Waals surface area contributed by atoms with Gasteiger partial charge in [-0.3, -0.25) is 0 Å². The molecule has 0 saturated carbocycles. The summed E-state index contributed by atoms with van der Waals surface area (Å²) in [6.45, 7) is 2.15. The highest BCUT2D eigenvalue weighted by molar-refractivity contribution is 8.03. The number of ether oxygens (including phenoxy) is 1. The lowest BCUT2D eigenvalue weighted by Crippen LogP contribution is -2.09. The second-order valence-electron chi connectivity index (χ2n) is 5.74. The molecule has 10 heteroatoms. The number of benzene rings is 1. The lowest BCUT2D eigenvalue weighted by Gasteiger charge is -2.06. The first-order valence-electron chi connectivity index (χ1n) is 8.67. The number of nitrogens with zero attached hydrogens (tertiary/aromatic N) is 3. The molecule has 0 aliphatic rings. The molecule has 0 spiro atoms. The number of esters is 1. The van der Waals surface area contributed by atoms with Crippen molar-refractivity contribution in [2.75, 3.05) is 18.6 Å². The number of H-pyrrole nitrogens is 1. The fourth-order valence-electron chi connectivity index (χ4n) is 2.34. The molecule has 0 fully saturated rings. The number of nitrogens with one attached hydrogen (secondary N) is 1. The van der Waals surface area contributed by atoms with Crippen LogP contribution in [0, 0.1) is 0 Å². The maximum atomic E-state index is 12.3. The average molecular weight is 437 g/mol. The number of fused-ring (bicyclic) bond motifs is 1. The number of aliphatic hydroxyl groups is 1. The number of methoxy groups -OCH3 is 1. The summed E-state index contributed by atoms with van der Waals surface area (Å²) in [7, 11) is 1.27. The Hall–Kier alpha value is -2.04. The Labute approximate surface area is 175 Å². The van der Waals surface area contributed by atoms with Crippen molar-refractivity contribution in [3.63, 3.8) is 0 Å². The monoisotopic (exact) mass is 436 g/mol. The van der Waals surface area contributed by atoms with E-state index in [0.29, 0.717) is 5.52 Å². The van der Waals surface area contributed by atoms with Gasteiger partial charge in [0.05, 0.1) is 23.9 Å². The zero-order chi connectivity index (χ0) is 19.9. The molecule has 0 radical (unpaired) electrons. The van der Waals surface area contributed by atoms with Gasteiger partial charge >= 0.3 is 5.97 Å². The highest BCUT2D eigenvalue weighted by Crippen LogP contribution is 2.31. The van der Waals surface area contributed by atoms with E-state index in [1.807, 2.05) is 24.3 Å². The molecule has 0 amide bonds. The van der Waals surface area contributed by atoms with Crippen LogP contribution in [0.1, 0.15) is 25.6 Å². The fourth-order valence-corrected chi connectivity index (χ4v) is 5.40. The van der Waals surface area contributed by atoms with Gasteiger partial charge in [-0.25, -0.2) is 9.78 Å². The molecule has 0 saturated heterocycles. The van der Waals surface area contributed by atoms with Crippen LogP contribution in [-0.4, -0.2) is 49.9 Å². The highest BCUT2D eigenvalue weighted by Gasteiger charge is 2.22. The first-order chi connectivity index (χ1) is 13.6. The third kappa shape index (κ3) is 5.06. The van der Waals surface area contributed by atoms with E-state index in [1.165, 1.54) is 30.2 Å². The molecule has 3 aromatic rings. The largest absolute Gasteiger partial charge is 0.510 e. The zero-order valence-corrected chi connectivity index (χ0v) is 17.9. The average Bonchev–Trinajstić information content (AvgIpc) is 3.33. The summed E-state index contributed by atoms with van der Waals surface area (Å²) in [4.78, 5) is 19.7. The van der Waals surface area contributed by atoms with Crippen molar-refractivity contribution in [2.45, 2.75) is 28.4 Å². The lowest BCUT2D eigenvalue weighted by molar-refractivity contribution is -0.133. The summed E-state index contributed by atoms with van der Waals surface area (Å²) >= 11 is 4.48. The van der Waals surface area contributed by atoms with Crippen molar-refractivity contribution < 1.29 is 14.6 Å². The van der Waals surface area contributed by atoms with Gasteiger partial charge in [-0.1, -0.05) is 60.3 Å². The van der Waals surface area contributed by atoms with Crippen LogP contribution in [0.5, 0.6) is 0 Å². The number of carbonyl (C=O) groups excluding carboxylic acids is 1. The van der Waals surface area contributed by atoms with E-state index in [4.69, 9.17) is 4.74 Å². The van der Waals surface area contributed by atoms with E-state index in [1.54, 1.807) is 11.8 Å². The lowest BCUT2D eigenvalue weighted by atomic mass is 10.2. The minimum absolute atomic E-state index is 0.0215. The predicted molar refractivity (Wildman–Crippen MR) is 114 cm³/mol. The molecule has 2 N–H and O–H groups in total. The van der Waals surface area contributed by atoms with Crippen molar-refractivity contribution in [3.8, 4) is 0 Å². The number of hydrogen-bond acceptors (Lipinski definition) is 9. The summed E-state index contributed by atoms with van der Waals surface area (Å²) in [5.41, 5.74) is 1.50. The van der Waals surface area contributed by atoms with Crippen LogP contribution >= 0.6 is 34.9 Å². The molecule has 2 heterocycles. The SMILES string of the molecule is CCCCSc1nnc(SC/C(O)=C(\C(=O)OC)c2nc3ccccc3[nH]2)s1. The Morgan fingerprint density at radius 3 is 2.71 bits per heavy atom. The second kappa shape index (κ2) is 9.94. The number of unbranched alkanes of at least 4 members (excludes halogenated alkanes) is 1. The van der Waals surface area contributed by atoms with Gasteiger partial charge in [-0.15, -0.1) is 10.2 Å². The van der Waals surface area contributed by atoms with Gasteiger partial charge in [0.2, 0.25) is 0 Å². The first kappa shape index (κ1) is 20.7. The Bertz CT molecular complexity index is 950. The zero-order valence-electron chi connectivity index (χ0n) is 15.5. The van der Waals surface area contributed by atoms with E-state index in [0.717, 1.165) is 32.8 Å². The van der Waals surface area contributed by atoms with Crippen molar-refractivity contribution in [1.82, 2.24) is 20.2 Å². The Kier molecular flexibility index (Phi) is 7.35. The number of imidazole rings is 1. The third-order valence-corrected chi connectivity index (χ3v) is 7.04. The number of para-hydroxylation sites is 2. The third-order valence-electron chi connectivity index (χ3n) is 3.75. The minimum atomic E-state index is -0.648. The Balaban J connectivity index is 1.76. The van der Waals surface area contributed by atoms with Gasteiger partial charge in [0, 0.05) is 5.75 Å². The number of thioether (sulfide) groups is 2. The normalized spacial score (nSPS) is 12.2. The molecule has 0 atom stereocenters. The van der Waals surface area contributed by atoms with Gasteiger partial charge in [-0.2, -0.15) is 0 Å². The van der Waals surface area contributed by atoms with Crippen LogP contribution in [0.25, 0.3) is 16.6 Å². The molecule has 3 rings (SSSR count). The van der Waals surface area contributed by atoms with Crippen LogP contribution in [0.4, 0.5) is 0 Å².